The first kappa shape index (κ1) is 20.6. The Morgan fingerprint density at radius 1 is 1.19 bits per heavy atom. The minimum atomic E-state index is -0.571. The molecule has 5 rings (SSSR count). The fourth-order valence-corrected chi connectivity index (χ4v) is 4.66. The second-order valence-corrected chi connectivity index (χ2v) is 8.90. The molecule has 2 aromatic heterocycles. The summed E-state index contributed by atoms with van der Waals surface area (Å²) in [7, 11) is 0. The molecule has 2 aliphatic rings. The number of amides is 1. The number of H-pyrrole nitrogens is 1. The van der Waals surface area contributed by atoms with Gasteiger partial charge in [0.2, 0.25) is 5.95 Å². The number of aromatic nitrogens is 4. The quantitative estimate of drug-likeness (QED) is 0.685. The zero-order valence-electron chi connectivity index (χ0n) is 18.6. The van der Waals surface area contributed by atoms with Gasteiger partial charge in [-0.1, -0.05) is 29.8 Å². The van der Waals surface area contributed by atoms with E-state index in [-0.39, 0.29) is 11.5 Å². The first-order valence-corrected chi connectivity index (χ1v) is 11.0. The van der Waals surface area contributed by atoms with Crippen molar-refractivity contribution in [3.05, 3.63) is 74.5 Å². The molecule has 32 heavy (non-hydrogen) atoms. The predicted molar refractivity (Wildman–Crippen MR) is 119 cm³/mol. The number of morpholine rings is 1. The fraction of sp³-hybridized carbons (Fsp3) is 0.417. The smallest absolute Gasteiger partial charge is 0.257 e. The number of benzene rings is 1. The molecule has 0 radical (unpaired) electrons. The molecule has 1 aromatic carbocycles. The van der Waals surface area contributed by atoms with Gasteiger partial charge in [-0.15, -0.1) is 0 Å². The van der Waals surface area contributed by atoms with Crippen LogP contribution in [-0.2, 0) is 23.2 Å². The summed E-state index contributed by atoms with van der Waals surface area (Å²) in [4.78, 5) is 35.1. The third kappa shape index (κ3) is 3.44. The maximum absolute atomic E-state index is 13.4. The lowest BCUT2D eigenvalue weighted by atomic mass is 9.93. The fourth-order valence-electron chi connectivity index (χ4n) is 4.66. The topological polar surface area (TPSA) is 93.1 Å². The molecule has 8 nitrogen and oxygen atoms in total. The molecule has 1 aliphatic heterocycles. The van der Waals surface area contributed by atoms with Crippen molar-refractivity contribution in [3.8, 4) is 5.95 Å². The standard InChI is InChI=1S/C24H27N5O3/c1-15-7-9-17(10-8-15)24(3)14-28(11-12-32-24)22(31)19-13-25-29(16(19)2)23-26-20-6-4-5-18(20)21(30)27-23/h7-10,13H,4-6,11-12,14H2,1-3H3,(H,26,27,30). The number of nitrogens with zero attached hydrogens (tertiary/aromatic N) is 4. The molecule has 1 aliphatic carbocycles. The van der Waals surface area contributed by atoms with Gasteiger partial charge in [0.05, 0.1) is 36.3 Å². The summed E-state index contributed by atoms with van der Waals surface area (Å²) < 4.78 is 7.65. The van der Waals surface area contributed by atoms with Gasteiger partial charge < -0.3 is 9.64 Å². The van der Waals surface area contributed by atoms with Crippen molar-refractivity contribution < 1.29 is 9.53 Å². The second-order valence-electron chi connectivity index (χ2n) is 8.90. The summed E-state index contributed by atoms with van der Waals surface area (Å²) in [5.41, 5.74) is 4.29. The van der Waals surface area contributed by atoms with Gasteiger partial charge in [0.25, 0.3) is 11.5 Å². The van der Waals surface area contributed by atoms with Crippen molar-refractivity contribution in [1.82, 2.24) is 24.6 Å². The van der Waals surface area contributed by atoms with Crippen LogP contribution in [0, 0.1) is 13.8 Å². The van der Waals surface area contributed by atoms with E-state index in [0.29, 0.717) is 36.9 Å². The van der Waals surface area contributed by atoms with Gasteiger partial charge in [0.15, 0.2) is 0 Å². The average Bonchev–Trinajstić information content (AvgIpc) is 3.40. The third-order valence-corrected chi connectivity index (χ3v) is 6.59. The van der Waals surface area contributed by atoms with E-state index in [2.05, 4.69) is 39.3 Å². The van der Waals surface area contributed by atoms with Crippen LogP contribution in [0.3, 0.4) is 0 Å². The maximum atomic E-state index is 13.4. The number of nitrogens with one attached hydrogen (secondary N) is 1. The largest absolute Gasteiger partial charge is 0.367 e. The molecule has 166 valence electrons. The van der Waals surface area contributed by atoms with Gasteiger partial charge >= 0.3 is 0 Å². The van der Waals surface area contributed by atoms with E-state index >= 15 is 0 Å². The molecular formula is C24H27N5O3. The molecule has 0 spiro atoms. The van der Waals surface area contributed by atoms with Gasteiger partial charge in [0.1, 0.15) is 5.60 Å². The Kier molecular flexibility index (Phi) is 4.97. The Balaban J connectivity index is 1.42. The Labute approximate surface area is 186 Å². The summed E-state index contributed by atoms with van der Waals surface area (Å²) >= 11 is 0. The molecule has 1 fully saturated rings. The number of hydrogen-bond acceptors (Lipinski definition) is 5. The lowest BCUT2D eigenvalue weighted by molar-refractivity contribution is -0.0931. The molecule has 1 unspecified atom stereocenters. The van der Waals surface area contributed by atoms with E-state index < -0.39 is 5.60 Å². The van der Waals surface area contributed by atoms with Crippen LogP contribution in [-0.4, -0.2) is 50.3 Å². The summed E-state index contributed by atoms with van der Waals surface area (Å²) in [5, 5.41) is 4.38. The zero-order valence-corrected chi connectivity index (χ0v) is 18.6. The summed E-state index contributed by atoms with van der Waals surface area (Å²) in [6.45, 7) is 7.32. The normalized spacial score (nSPS) is 20.4. The number of carbonyl (C=O) groups excluding carboxylic acids is 1. The van der Waals surface area contributed by atoms with Crippen LogP contribution in [0.5, 0.6) is 0 Å². The Morgan fingerprint density at radius 2 is 1.97 bits per heavy atom. The van der Waals surface area contributed by atoms with Crippen molar-refractivity contribution in [1.29, 1.82) is 0 Å². The minimum absolute atomic E-state index is 0.0982. The van der Waals surface area contributed by atoms with Gasteiger partial charge in [-0.2, -0.15) is 5.10 Å². The van der Waals surface area contributed by atoms with Gasteiger partial charge in [0, 0.05) is 12.1 Å². The van der Waals surface area contributed by atoms with Crippen LogP contribution in [0.2, 0.25) is 0 Å². The second kappa shape index (κ2) is 7.70. The van der Waals surface area contributed by atoms with Crippen molar-refractivity contribution in [2.75, 3.05) is 19.7 Å². The van der Waals surface area contributed by atoms with Gasteiger partial charge in [-0.05, 0) is 45.6 Å². The molecule has 1 N–H and O–H groups in total. The van der Waals surface area contributed by atoms with Crippen LogP contribution < -0.4 is 5.56 Å². The average molecular weight is 434 g/mol. The number of rotatable bonds is 3. The van der Waals surface area contributed by atoms with E-state index in [1.165, 1.54) is 5.56 Å². The third-order valence-electron chi connectivity index (χ3n) is 6.59. The van der Waals surface area contributed by atoms with Crippen LogP contribution >= 0.6 is 0 Å². The number of carbonyl (C=O) groups is 1. The molecule has 1 saturated heterocycles. The van der Waals surface area contributed by atoms with Crippen molar-refractivity contribution in [2.24, 2.45) is 0 Å². The van der Waals surface area contributed by atoms with Crippen LogP contribution in [0.25, 0.3) is 5.95 Å². The number of hydrogen-bond donors (Lipinski definition) is 1. The number of fused-ring (bicyclic) bond motifs is 1. The van der Waals surface area contributed by atoms with E-state index in [0.717, 1.165) is 36.1 Å². The highest BCUT2D eigenvalue weighted by molar-refractivity contribution is 5.95. The summed E-state index contributed by atoms with van der Waals surface area (Å²) in [5.74, 6) is 0.262. The lowest BCUT2D eigenvalue weighted by Crippen LogP contribution is -2.50. The molecule has 3 aromatic rings. The SMILES string of the molecule is Cc1ccc(C2(C)CN(C(=O)c3cnn(-c4nc5c(c(=O)[nH]4)CCC5)c3C)CCO2)cc1. The predicted octanol–water partition coefficient (Wildman–Crippen LogP) is 2.45. The van der Waals surface area contributed by atoms with Crippen molar-refractivity contribution >= 4 is 5.91 Å². The maximum Gasteiger partial charge on any atom is 0.257 e. The zero-order chi connectivity index (χ0) is 22.5. The van der Waals surface area contributed by atoms with Crippen molar-refractivity contribution in [3.63, 3.8) is 0 Å². The highest BCUT2D eigenvalue weighted by Gasteiger charge is 2.37. The molecule has 1 amide bonds. The summed E-state index contributed by atoms with van der Waals surface area (Å²) in [6, 6.07) is 8.23. The molecule has 8 heteroatoms. The van der Waals surface area contributed by atoms with Crippen LogP contribution in [0.4, 0.5) is 0 Å². The number of ether oxygens (including phenoxy) is 1. The first-order chi connectivity index (χ1) is 15.4. The van der Waals surface area contributed by atoms with Gasteiger partial charge in [-0.25, -0.2) is 9.67 Å². The molecular weight excluding hydrogens is 406 g/mol. The van der Waals surface area contributed by atoms with E-state index in [1.54, 1.807) is 10.9 Å². The van der Waals surface area contributed by atoms with E-state index in [4.69, 9.17) is 4.74 Å². The van der Waals surface area contributed by atoms with E-state index in [9.17, 15) is 9.59 Å². The molecule has 3 heterocycles. The summed E-state index contributed by atoms with van der Waals surface area (Å²) in [6.07, 6.45) is 4.05. The minimum Gasteiger partial charge on any atom is -0.367 e. The highest BCUT2D eigenvalue weighted by atomic mass is 16.5. The number of aromatic amines is 1. The molecule has 0 saturated carbocycles. The van der Waals surface area contributed by atoms with Crippen molar-refractivity contribution in [2.45, 2.75) is 45.6 Å². The first-order valence-electron chi connectivity index (χ1n) is 11.0. The Bertz CT molecular complexity index is 1240. The van der Waals surface area contributed by atoms with Crippen LogP contribution in [0.15, 0.2) is 35.3 Å². The lowest BCUT2D eigenvalue weighted by Gasteiger charge is -2.41. The monoisotopic (exact) mass is 433 g/mol. The molecule has 0 bridgehead atoms. The number of aryl methyl sites for hydroxylation is 2. The Morgan fingerprint density at radius 3 is 2.75 bits per heavy atom. The highest BCUT2D eigenvalue weighted by Crippen LogP contribution is 2.30. The van der Waals surface area contributed by atoms with Crippen LogP contribution in [0.1, 0.15) is 51.8 Å². The van der Waals surface area contributed by atoms with E-state index in [1.807, 2.05) is 25.7 Å². The Hall–Kier alpha value is -3.26. The van der Waals surface area contributed by atoms with Gasteiger partial charge in [-0.3, -0.25) is 14.6 Å². The molecule has 1 atom stereocenters.